The summed E-state index contributed by atoms with van der Waals surface area (Å²) >= 11 is 19.4. The van der Waals surface area contributed by atoms with Crippen LogP contribution in [0.15, 0.2) is 0 Å². The van der Waals surface area contributed by atoms with E-state index < -0.39 is 9.76 Å². The van der Waals surface area contributed by atoms with Gasteiger partial charge in [0.1, 0.15) is 11.9 Å². The van der Waals surface area contributed by atoms with Crippen molar-refractivity contribution in [1.82, 2.24) is 0 Å². The summed E-state index contributed by atoms with van der Waals surface area (Å²) in [7, 11) is 0. The van der Waals surface area contributed by atoms with Crippen LogP contribution < -0.4 is 29.6 Å². The minimum absolute atomic E-state index is 0. The molecule has 0 radical (unpaired) electrons. The number of hydrogen-bond donors (Lipinski definition) is 0. The molecule has 0 aromatic carbocycles. The predicted molar refractivity (Wildman–Crippen MR) is 33.3 cm³/mol. The Balaban J connectivity index is -0.000000245. The molecule has 0 bridgehead atoms. The van der Waals surface area contributed by atoms with Crippen LogP contribution in [0, 0.1) is 0 Å². The van der Waals surface area contributed by atoms with Crippen molar-refractivity contribution >= 4 is 52.6 Å². The van der Waals surface area contributed by atoms with E-state index in [1.54, 1.807) is 0 Å². The van der Waals surface area contributed by atoms with Gasteiger partial charge in [-0.25, -0.2) is 4.79 Å². The molecule has 0 rings (SSSR count). The van der Waals surface area contributed by atoms with Crippen LogP contribution in [0.2, 0.25) is 0 Å². The average Bonchev–Trinajstić information content (AvgIpc) is 1.62. The summed E-state index contributed by atoms with van der Waals surface area (Å²) in [6.07, 6.45) is 0. The number of rotatable bonds is 0. The van der Waals surface area contributed by atoms with Gasteiger partial charge in [-0.1, -0.05) is 34.8 Å². The van der Waals surface area contributed by atoms with Gasteiger partial charge in [0.15, 0.2) is 0 Å². The van der Waals surface area contributed by atoms with E-state index in [0.717, 1.165) is 0 Å². The van der Waals surface area contributed by atoms with Crippen molar-refractivity contribution < 1.29 is 40.1 Å². The molecular weight excluding hydrogens is 221 g/mol. The van der Waals surface area contributed by atoms with Crippen molar-refractivity contribution in [2.24, 2.45) is 0 Å². The summed E-state index contributed by atoms with van der Waals surface area (Å²) in [5.74, 6) is -1.11. The second-order valence-corrected chi connectivity index (χ2v) is 3.30. The Labute approximate surface area is 95.7 Å². The fourth-order valence-corrected chi connectivity index (χ4v) is 0.394. The summed E-state index contributed by atoms with van der Waals surface area (Å²) in [5, 5.41) is 0. The van der Waals surface area contributed by atoms with Crippen molar-refractivity contribution in [3.05, 3.63) is 0 Å². The first-order valence-electron chi connectivity index (χ1n) is 1.38. The topological polar surface area (TPSA) is 26.3 Å². The molecule has 7 heteroatoms. The largest absolute Gasteiger partial charge is 1.00 e. The summed E-state index contributed by atoms with van der Waals surface area (Å²) in [6, 6.07) is 0. The Kier molecular flexibility index (Phi) is 7.80. The molecule has 0 aliphatic rings. The van der Waals surface area contributed by atoms with Gasteiger partial charge in [-0.2, -0.15) is 0 Å². The van der Waals surface area contributed by atoms with Crippen LogP contribution in [-0.2, 0) is 9.08 Å². The third-order valence-electron chi connectivity index (χ3n) is 0.302. The monoisotopic (exact) mass is 220 g/mol. The predicted octanol–water partition coefficient (Wildman–Crippen LogP) is -0.830. The molecule has 0 fully saturated rings. The molecule has 0 heterocycles. The number of carbonyl (C=O) groups is 1. The fourth-order valence-electron chi connectivity index (χ4n) is 0.0437. The van der Waals surface area contributed by atoms with Gasteiger partial charge in [0.2, 0.25) is 0 Å². The molecule has 0 amide bonds. The molecule has 0 N–H and O–H groups in total. The van der Waals surface area contributed by atoms with Crippen molar-refractivity contribution in [2.45, 2.75) is 3.79 Å². The summed E-state index contributed by atoms with van der Waals surface area (Å²) < 4.78 is 1.48. The molecule has 0 aromatic heterocycles. The standard InChI is InChI=1S/C2Cl4O2.Na.H/c3-2(4,5)1(7)8-6;;/q;+1;-1. The van der Waals surface area contributed by atoms with Gasteiger partial charge in [-0.3, -0.25) is 0 Å². The first-order chi connectivity index (χ1) is 3.48. The number of hydrogen-bond acceptors (Lipinski definition) is 2. The zero-order chi connectivity index (χ0) is 6.78. The molecule has 50 valence electrons. The summed E-state index contributed by atoms with van der Waals surface area (Å²) in [6.45, 7) is 0. The van der Waals surface area contributed by atoms with Gasteiger partial charge >= 0.3 is 35.5 Å². The Bertz CT molecular complexity index is 104. The molecule has 0 aliphatic heterocycles. The van der Waals surface area contributed by atoms with E-state index in [0.29, 0.717) is 0 Å². The Hall–Kier alpha value is 1.63. The van der Waals surface area contributed by atoms with Crippen LogP contribution >= 0.6 is 46.7 Å². The number of halogens is 4. The van der Waals surface area contributed by atoms with E-state index in [1.165, 1.54) is 0 Å². The van der Waals surface area contributed by atoms with Crippen LogP contribution in [0.4, 0.5) is 0 Å². The van der Waals surface area contributed by atoms with Crippen LogP contribution in [0.3, 0.4) is 0 Å². The van der Waals surface area contributed by atoms with E-state index in [2.05, 4.69) is 16.2 Å². The summed E-state index contributed by atoms with van der Waals surface area (Å²) in [4.78, 5) is 10.1. The molecule has 9 heavy (non-hydrogen) atoms. The van der Waals surface area contributed by atoms with E-state index >= 15 is 0 Å². The quantitative estimate of drug-likeness (QED) is 0.395. The van der Waals surface area contributed by atoms with Crippen molar-refractivity contribution in [1.29, 1.82) is 0 Å². The normalized spacial score (nSPS) is 9.78. The molecule has 0 saturated heterocycles. The SMILES string of the molecule is O=C(OCl)C(Cl)(Cl)Cl.[H-].[Na+]. The molecule has 2 nitrogen and oxygen atoms in total. The van der Waals surface area contributed by atoms with Gasteiger partial charge < -0.3 is 5.72 Å². The zero-order valence-corrected chi connectivity index (χ0v) is 9.35. The Morgan fingerprint density at radius 2 is 1.78 bits per heavy atom. The third kappa shape index (κ3) is 6.05. The smallest absolute Gasteiger partial charge is 1.00 e. The summed E-state index contributed by atoms with van der Waals surface area (Å²) in [5.41, 5.74) is 0. The first kappa shape index (κ1) is 13.2. The van der Waals surface area contributed by atoms with E-state index in [1.807, 2.05) is 0 Å². The maximum atomic E-state index is 10.1. The third-order valence-corrected chi connectivity index (χ3v) is 0.905. The van der Waals surface area contributed by atoms with Crippen molar-refractivity contribution in [3.8, 4) is 0 Å². The second kappa shape index (κ2) is 5.30. The average molecular weight is 222 g/mol. The minimum atomic E-state index is -2.07. The molecule has 0 aliphatic carbocycles. The van der Waals surface area contributed by atoms with Crippen molar-refractivity contribution in [3.63, 3.8) is 0 Å². The second-order valence-electron chi connectivity index (χ2n) is 0.862. The minimum Gasteiger partial charge on any atom is -1.00 e. The van der Waals surface area contributed by atoms with E-state index in [-0.39, 0.29) is 31.0 Å². The number of alkyl halides is 3. The number of carbonyl (C=O) groups excluding carboxylic acids is 1. The first-order valence-corrected chi connectivity index (χ1v) is 2.82. The zero-order valence-electron chi connectivity index (χ0n) is 5.33. The fraction of sp³-hybridized carbons (Fsp3) is 0.500. The molecule has 0 spiro atoms. The molecule has 0 saturated carbocycles. The van der Waals surface area contributed by atoms with Crippen molar-refractivity contribution in [2.75, 3.05) is 0 Å². The van der Waals surface area contributed by atoms with Crippen LogP contribution in [-0.4, -0.2) is 9.76 Å². The molecule has 0 aromatic rings. The van der Waals surface area contributed by atoms with Gasteiger partial charge in [0.25, 0.3) is 3.79 Å². The maximum absolute atomic E-state index is 10.1. The molecular formula is C2HCl4NaO2. The Morgan fingerprint density at radius 3 is 1.78 bits per heavy atom. The van der Waals surface area contributed by atoms with Gasteiger partial charge in [0, 0.05) is 0 Å². The van der Waals surface area contributed by atoms with Crippen LogP contribution in [0.5, 0.6) is 0 Å². The van der Waals surface area contributed by atoms with Crippen LogP contribution in [0.25, 0.3) is 0 Å². The van der Waals surface area contributed by atoms with E-state index in [9.17, 15) is 4.79 Å². The molecule has 0 unspecified atom stereocenters. The van der Waals surface area contributed by atoms with Gasteiger partial charge in [0.05, 0.1) is 0 Å². The molecule has 0 atom stereocenters. The van der Waals surface area contributed by atoms with Crippen LogP contribution in [0.1, 0.15) is 1.43 Å². The maximum Gasteiger partial charge on any atom is 1.00 e. The van der Waals surface area contributed by atoms with E-state index in [4.69, 9.17) is 34.8 Å². The Morgan fingerprint density at radius 1 is 1.44 bits per heavy atom. The van der Waals surface area contributed by atoms with Gasteiger partial charge in [-0.05, 0) is 0 Å². The van der Waals surface area contributed by atoms with Gasteiger partial charge in [-0.15, -0.1) is 0 Å².